The molecule has 0 saturated heterocycles. The van der Waals surface area contributed by atoms with Crippen molar-refractivity contribution >= 4 is 23.9 Å². The Balaban J connectivity index is 0.000000403. The molecule has 0 fully saturated rings. The van der Waals surface area contributed by atoms with Crippen LogP contribution in [0.25, 0.3) is 0 Å². The monoisotopic (exact) mass is 369 g/mol. The molecule has 0 aromatic rings. The fourth-order valence-electron chi connectivity index (χ4n) is 1.67. The first-order valence-corrected chi connectivity index (χ1v) is 5.83. The number of carboxylic acid groups (broad SMARTS) is 4. The van der Waals surface area contributed by atoms with Crippen LogP contribution in [0.2, 0.25) is 0 Å². The molecule has 0 aliphatic heterocycles. The average molecular weight is 370 g/mol. The SMILES string of the molecule is O=C([O-])C1(C(=O)O)C=CC=C1.O=C([O-])C1(C(=O)O)C=CC=C1.[Cu+2]. The average Bonchev–Trinajstić information content (AvgIpc) is 3.10. The first-order chi connectivity index (χ1) is 10.2. The Morgan fingerprint density at radius 3 is 0.957 bits per heavy atom. The fourth-order valence-corrected chi connectivity index (χ4v) is 1.67. The van der Waals surface area contributed by atoms with Gasteiger partial charge in [-0.15, -0.1) is 0 Å². The molecule has 8 nitrogen and oxygen atoms in total. The summed E-state index contributed by atoms with van der Waals surface area (Å²) >= 11 is 0. The number of rotatable bonds is 4. The number of carbonyl (C=O) groups is 4. The Labute approximate surface area is 140 Å². The van der Waals surface area contributed by atoms with Gasteiger partial charge in [-0.25, -0.2) is 0 Å². The summed E-state index contributed by atoms with van der Waals surface area (Å²) in [6.45, 7) is 0. The van der Waals surface area contributed by atoms with Crippen LogP contribution in [0.1, 0.15) is 0 Å². The smallest absolute Gasteiger partial charge is 0.548 e. The van der Waals surface area contributed by atoms with Crippen LogP contribution in [-0.4, -0.2) is 34.1 Å². The number of aliphatic carboxylic acids is 4. The third-order valence-electron chi connectivity index (χ3n) is 3.04. The van der Waals surface area contributed by atoms with Gasteiger partial charge in [0, 0.05) is 0 Å². The molecular weight excluding hydrogens is 360 g/mol. The predicted molar refractivity (Wildman–Crippen MR) is 66.7 cm³/mol. The molecule has 2 aliphatic carbocycles. The third-order valence-corrected chi connectivity index (χ3v) is 3.04. The van der Waals surface area contributed by atoms with Crippen molar-refractivity contribution in [3.8, 4) is 0 Å². The number of hydrogen-bond donors (Lipinski definition) is 2. The van der Waals surface area contributed by atoms with Crippen LogP contribution < -0.4 is 10.2 Å². The van der Waals surface area contributed by atoms with Crippen LogP contribution in [-0.2, 0) is 36.2 Å². The Hall–Kier alpha value is -2.64. The molecule has 0 aromatic carbocycles. The van der Waals surface area contributed by atoms with Crippen LogP contribution in [0.3, 0.4) is 0 Å². The molecule has 2 aliphatic rings. The van der Waals surface area contributed by atoms with E-state index in [1.54, 1.807) is 0 Å². The van der Waals surface area contributed by atoms with E-state index in [1.165, 1.54) is 24.3 Å². The van der Waals surface area contributed by atoms with E-state index in [9.17, 15) is 29.4 Å². The number of carbonyl (C=O) groups excluding carboxylic acids is 2. The molecule has 2 rings (SSSR count). The van der Waals surface area contributed by atoms with E-state index in [2.05, 4.69) is 0 Å². The second kappa shape index (κ2) is 7.57. The molecule has 23 heavy (non-hydrogen) atoms. The molecular formula is C14H10CuO8. The van der Waals surface area contributed by atoms with Gasteiger partial charge in [0.15, 0.2) is 0 Å². The normalized spacial score (nSPS) is 17.7. The Bertz CT molecular complexity index is 529. The molecule has 2 N–H and O–H groups in total. The molecule has 0 unspecified atom stereocenters. The van der Waals surface area contributed by atoms with E-state index in [1.807, 2.05) is 0 Å². The van der Waals surface area contributed by atoms with Gasteiger partial charge in [0.2, 0.25) is 0 Å². The molecule has 0 bridgehead atoms. The van der Waals surface area contributed by atoms with Crippen LogP contribution in [0.5, 0.6) is 0 Å². The summed E-state index contributed by atoms with van der Waals surface area (Å²) in [6.07, 6.45) is 9.76. The van der Waals surface area contributed by atoms with Crippen LogP contribution in [0, 0.1) is 10.8 Å². The van der Waals surface area contributed by atoms with E-state index in [4.69, 9.17) is 10.2 Å². The zero-order valence-electron chi connectivity index (χ0n) is 11.3. The third kappa shape index (κ3) is 3.77. The maximum absolute atomic E-state index is 10.4. The zero-order valence-corrected chi connectivity index (χ0v) is 12.2. The summed E-state index contributed by atoms with van der Waals surface area (Å²) in [6, 6.07) is 0. The molecule has 125 valence electrons. The number of allylic oxidation sites excluding steroid dienone is 4. The molecule has 0 saturated carbocycles. The van der Waals surface area contributed by atoms with Crippen LogP contribution in [0.15, 0.2) is 48.6 Å². The van der Waals surface area contributed by atoms with Gasteiger partial charge >= 0.3 is 29.0 Å². The van der Waals surface area contributed by atoms with Crippen molar-refractivity contribution in [2.24, 2.45) is 10.8 Å². The second-order valence-electron chi connectivity index (χ2n) is 4.36. The van der Waals surface area contributed by atoms with Gasteiger partial charge in [0.25, 0.3) is 0 Å². The molecule has 0 aromatic heterocycles. The molecule has 0 amide bonds. The topological polar surface area (TPSA) is 155 Å². The van der Waals surface area contributed by atoms with Crippen molar-refractivity contribution in [1.82, 2.24) is 0 Å². The van der Waals surface area contributed by atoms with Crippen molar-refractivity contribution in [3.63, 3.8) is 0 Å². The van der Waals surface area contributed by atoms with Crippen LogP contribution >= 0.6 is 0 Å². The van der Waals surface area contributed by atoms with Gasteiger partial charge in [-0.1, -0.05) is 48.6 Å². The Kier molecular flexibility index (Phi) is 6.70. The summed E-state index contributed by atoms with van der Waals surface area (Å²) in [5.41, 5.74) is -3.89. The van der Waals surface area contributed by atoms with Gasteiger partial charge in [0.05, 0.1) is 11.9 Å². The minimum absolute atomic E-state index is 0. The van der Waals surface area contributed by atoms with Gasteiger partial charge in [-0.05, 0) is 0 Å². The predicted octanol–water partition coefficient (Wildman–Crippen LogP) is -2.14. The molecule has 0 atom stereocenters. The number of hydrogen-bond acceptors (Lipinski definition) is 6. The summed E-state index contributed by atoms with van der Waals surface area (Å²) < 4.78 is 0. The van der Waals surface area contributed by atoms with Gasteiger partial charge in [-0.3, -0.25) is 9.59 Å². The first kappa shape index (κ1) is 20.4. The Morgan fingerprint density at radius 2 is 0.870 bits per heavy atom. The summed E-state index contributed by atoms with van der Waals surface area (Å²) in [5, 5.41) is 37.8. The summed E-state index contributed by atoms with van der Waals surface area (Å²) in [7, 11) is 0. The minimum atomic E-state index is -1.94. The molecule has 1 radical (unpaired) electrons. The maximum Gasteiger partial charge on any atom is 2.00 e. The maximum atomic E-state index is 10.4. The number of carboxylic acids is 4. The van der Waals surface area contributed by atoms with Crippen molar-refractivity contribution < 1.29 is 56.7 Å². The van der Waals surface area contributed by atoms with Crippen LogP contribution in [0.4, 0.5) is 0 Å². The first-order valence-electron chi connectivity index (χ1n) is 5.83. The Morgan fingerprint density at radius 1 is 0.652 bits per heavy atom. The van der Waals surface area contributed by atoms with Crippen molar-refractivity contribution in [3.05, 3.63) is 48.6 Å². The van der Waals surface area contributed by atoms with E-state index >= 15 is 0 Å². The van der Waals surface area contributed by atoms with Crippen molar-refractivity contribution in [2.75, 3.05) is 0 Å². The van der Waals surface area contributed by atoms with E-state index < -0.39 is 34.7 Å². The van der Waals surface area contributed by atoms with E-state index in [0.29, 0.717) is 0 Å². The van der Waals surface area contributed by atoms with E-state index in [0.717, 1.165) is 24.3 Å². The molecule has 0 heterocycles. The van der Waals surface area contributed by atoms with Gasteiger partial charge in [0.1, 0.15) is 10.8 Å². The fraction of sp³-hybridized carbons (Fsp3) is 0.143. The standard InChI is InChI=1S/2C7H6O4.Cu/c2*8-5(9)7(6(10)11)3-1-2-4-7;/h2*1-4H,(H,8,9)(H,10,11);/q;;+2/p-2. The zero-order chi connectivity index (χ0) is 17.0. The van der Waals surface area contributed by atoms with E-state index in [-0.39, 0.29) is 17.1 Å². The minimum Gasteiger partial charge on any atom is -0.548 e. The van der Waals surface area contributed by atoms with Gasteiger partial charge < -0.3 is 30.0 Å². The van der Waals surface area contributed by atoms with Gasteiger partial charge in [-0.2, -0.15) is 0 Å². The molecule has 0 spiro atoms. The summed E-state index contributed by atoms with van der Waals surface area (Å²) in [5.74, 6) is -6.09. The largest absolute Gasteiger partial charge is 2.00 e. The quantitative estimate of drug-likeness (QED) is 0.420. The second-order valence-corrected chi connectivity index (χ2v) is 4.36. The van der Waals surface area contributed by atoms with Crippen molar-refractivity contribution in [1.29, 1.82) is 0 Å². The summed E-state index contributed by atoms with van der Waals surface area (Å²) in [4.78, 5) is 41.6. The van der Waals surface area contributed by atoms with Crippen molar-refractivity contribution in [2.45, 2.75) is 0 Å². The molecule has 9 heteroatoms.